The molecule has 1 saturated heterocycles. The van der Waals surface area contributed by atoms with Crippen LogP contribution in [0.1, 0.15) is 11.1 Å². The second-order valence-electron chi connectivity index (χ2n) is 6.31. The summed E-state index contributed by atoms with van der Waals surface area (Å²) in [5.41, 5.74) is 0.0753. The first-order valence-electron chi connectivity index (χ1n) is 8.45. The van der Waals surface area contributed by atoms with Crippen LogP contribution >= 0.6 is 11.6 Å². The van der Waals surface area contributed by atoms with Crippen molar-refractivity contribution in [2.24, 2.45) is 0 Å². The molecule has 0 atom stereocenters. The molecule has 1 aromatic heterocycles. The number of halogens is 4. The van der Waals surface area contributed by atoms with Crippen molar-refractivity contribution in [2.45, 2.75) is 18.0 Å². The van der Waals surface area contributed by atoms with Gasteiger partial charge in [-0.25, -0.2) is 8.42 Å². The third-order valence-electron chi connectivity index (χ3n) is 4.07. The first-order valence-corrected chi connectivity index (χ1v) is 10.2. The van der Waals surface area contributed by atoms with E-state index in [1.807, 2.05) is 11.8 Å². The highest BCUT2D eigenvalue weighted by Gasteiger charge is 2.35. The number of alkyl halides is 3. The molecule has 12 heteroatoms. The maximum Gasteiger partial charge on any atom is 0.420 e. The van der Waals surface area contributed by atoms with Gasteiger partial charge in [0.25, 0.3) is 0 Å². The topological polar surface area (TPSA) is 102 Å². The minimum Gasteiger partial charge on any atom is -0.744 e. The Balaban J connectivity index is 0.000000234. The number of aryl methyl sites for hydroxylation is 1. The molecular weight excluding hydrogens is 433 g/mol. The number of hydrogen-bond donors (Lipinski definition) is 2. The number of piperazine rings is 1. The Morgan fingerprint density at radius 1 is 1.21 bits per heavy atom. The van der Waals surface area contributed by atoms with Crippen LogP contribution in [0.15, 0.2) is 41.4 Å². The minimum atomic E-state index is -4.45. The molecule has 0 amide bonds. The van der Waals surface area contributed by atoms with Crippen molar-refractivity contribution in [2.75, 3.05) is 36.9 Å². The summed E-state index contributed by atoms with van der Waals surface area (Å²) >= 11 is 5.91. The van der Waals surface area contributed by atoms with E-state index >= 15 is 0 Å². The van der Waals surface area contributed by atoms with Gasteiger partial charge in [-0.15, -0.1) is 4.68 Å². The standard InChI is InChI=1S/C10H13ClF3N4.C7H8O3S/c11-8-5-7(10(12,13)14)6-18(15)9(8)17-3-1-16-2-4-17;1-6-2-4-7(5-3-6)11(8,9)10/h5-6,16H,1-4,15H2;2-5H,1H3,(H,8,9,10)/q+1;/p-1. The molecule has 29 heavy (non-hydrogen) atoms. The molecule has 2 heterocycles. The monoisotopic (exact) mass is 452 g/mol. The lowest BCUT2D eigenvalue weighted by Crippen LogP contribution is -2.54. The van der Waals surface area contributed by atoms with E-state index in [4.69, 9.17) is 17.4 Å². The maximum atomic E-state index is 12.6. The van der Waals surface area contributed by atoms with Crippen molar-refractivity contribution in [1.29, 1.82) is 0 Å². The minimum absolute atomic E-state index is 0.00854. The number of nitrogens with one attached hydrogen (secondary N) is 1. The van der Waals surface area contributed by atoms with Crippen molar-refractivity contribution in [3.05, 3.63) is 52.7 Å². The van der Waals surface area contributed by atoms with Crippen molar-refractivity contribution >= 4 is 27.5 Å². The average Bonchev–Trinajstić information content (AvgIpc) is 2.61. The molecule has 3 rings (SSSR count). The van der Waals surface area contributed by atoms with Crippen LogP contribution in [-0.2, 0) is 16.3 Å². The Labute approximate surface area is 171 Å². The highest BCUT2D eigenvalue weighted by Crippen LogP contribution is 2.32. The number of aromatic nitrogens is 1. The van der Waals surface area contributed by atoms with Gasteiger partial charge in [0.1, 0.15) is 21.3 Å². The second-order valence-corrected chi connectivity index (χ2v) is 8.10. The zero-order chi connectivity index (χ0) is 21.8. The van der Waals surface area contributed by atoms with Gasteiger partial charge >= 0.3 is 12.0 Å². The van der Waals surface area contributed by atoms with E-state index in [2.05, 4.69) is 5.32 Å². The summed E-state index contributed by atoms with van der Waals surface area (Å²) in [6.45, 7) is 4.63. The van der Waals surface area contributed by atoms with Gasteiger partial charge in [0.2, 0.25) is 0 Å². The molecular formula is C17H20ClF3N4O3S. The highest BCUT2D eigenvalue weighted by atomic mass is 35.5. The number of benzene rings is 1. The largest absolute Gasteiger partial charge is 0.744 e. The van der Waals surface area contributed by atoms with Gasteiger partial charge in [-0.2, -0.15) is 13.2 Å². The smallest absolute Gasteiger partial charge is 0.420 e. The van der Waals surface area contributed by atoms with E-state index in [0.717, 1.165) is 35.6 Å². The Morgan fingerprint density at radius 2 is 1.76 bits per heavy atom. The van der Waals surface area contributed by atoms with Crippen molar-refractivity contribution in [3.63, 3.8) is 0 Å². The van der Waals surface area contributed by atoms with Gasteiger partial charge in [-0.3, -0.25) is 10.7 Å². The zero-order valence-corrected chi connectivity index (χ0v) is 17.0. The fourth-order valence-electron chi connectivity index (χ4n) is 2.62. The van der Waals surface area contributed by atoms with E-state index in [9.17, 15) is 26.1 Å². The summed E-state index contributed by atoms with van der Waals surface area (Å²) in [7, 11) is -4.27. The fraction of sp³-hybridized carbons (Fsp3) is 0.353. The van der Waals surface area contributed by atoms with Gasteiger partial charge in [-0.05, 0) is 25.1 Å². The van der Waals surface area contributed by atoms with Crippen LogP contribution < -0.4 is 20.7 Å². The van der Waals surface area contributed by atoms with E-state index in [1.165, 1.54) is 12.1 Å². The zero-order valence-electron chi connectivity index (χ0n) is 15.4. The Bertz CT molecular complexity index is 924. The first kappa shape index (κ1) is 23.2. The molecule has 0 spiro atoms. The van der Waals surface area contributed by atoms with Crippen molar-refractivity contribution < 1.29 is 30.8 Å². The SMILES string of the molecule is Cc1ccc(S(=O)(=O)[O-])cc1.N[n+]1cc(C(F)(F)F)cc(Cl)c1N1CCNCC1. The maximum absolute atomic E-state index is 12.6. The molecule has 1 fully saturated rings. The molecule has 0 radical (unpaired) electrons. The van der Waals surface area contributed by atoms with Gasteiger partial charge < -0.3 is 9.87 Å². The lowest BCUT2D eigenvalue weighted by Gasteiger charge is -2.24. The summed E-state index contributed by atoms with van der Waals surface area (Å²) in [6, 6.07) is 6.69. The number of rotatable bonds is 2. The summed E-state index contributed by atoms with van der Waals surface area (Å²) in [5, 5.41) is 3.15. The first-order chi connectivity index (χ1) is 13.4. The lowest BCUT2D eigenvalue weighted by molar-refractivity contribution is -0.627. The van der Waals surface area contributed by atoms with E-state index in [0.29, 0.717) is 18.9 Å². The molecule has 0 saturated carbocycles. The predicted molar refractivity (Wildman–Crippen MR) is 101 cm³/mol. The Hall–Kier alpha value is -2.08. The molecule has 2 aromatic rings. The molecule has 0 unspecified atom stereocenters. The van der Waals surface area contributed by atoms with Crippen LogP contribution in [0.2, 0.25) is 5.02 Å². The number of nitrogens with two attached hydrogens (primary N) is 1. The number of hydrogen-bond acceptors (Lipinski definition) is 6. The van der Waals surface area contributed by atoms with Gasteiger partial charge in [0.05, 0.1) is 23.5 Å². The molecule has 160 valence electrons. The Kier molecular flexibility index (Phi) is 7.33. The highest BCUT2D eigenvalue weighted by molar-refractivity contribution is 7.85. The van der Waals surface area contributed by atoms with E-state index in [1.54, 1.807) is 12.1 Å². The van der Waals surface area contributed by atoms with Crippen LogP contribution in [-0.4, -0.2) is 39.1 Å². The van der Waals surface area contributed by atoms with Crippen LogP contribution in [0.4, 0.5) is 19.0 Å². The third kappa shape index (κ3) is 6.46. The predicted octanol–water partition coefficient (Wildman–Crippen LogP) is 1.67. The molecule has 1 aliphatic rings. The van der Waals surface area contributed by atoms with Crippen LogP contribution in [0.25, 0.3) is 0 Å². The molecule has 1 aromatic carbocycles. The van der Waals surface area contributed by atoms with Gasteiger partial charge in [-0.1, -0.05) is 29.3 Å². The summed E-state index contributed by atoms with van der Waals surface area (Å²) in [5.74, 6) is 6.03. The van der Waals surface area contributed by atoms with Crippen LogP contribution in [0.5, 0.6) is 0 Å². The number of pyridine rings is 1. The number of nitrogen functional groups attached to an aromatic ring is 1. The fourth-order valence-corrected chi connectivity index (χ4v) is 3.43. The normalized spacial score (nSPS) is 14.9. The molecule has 1 aliphatic heterocycles. The van der Waals surface area contributed by atoms with Crippen LogP contribution in [0, 0.1) is 6.92 Å². The summed E-state index contributed by atoms with van der Waals surface area (Å²) < 4.78 is 69.8. The molecule has 7 nitrogen and oxygen atoms in total. The molecule has 0 aliphatic carbocycles. The van der Waals surface area contributed by atoms with Gasteiger partial charge in [0.15, 0.2) is 0 Å². The van der Waals surface area contributed by atoms with Crippen LogP contribution in [0.3, 0.4) is 0 Å². The lowest BCUT2D eigenvalue weighted by atomic mass is 10.2. The summed E-state index contributed by atoms with van der Waals surface area (Å²) in [6.07, 6.45) is -3.60. The molecule has 0 bridgehead atoms. The molecule has 3 N–H and O–H groups in total. The number of anilines is 1. The quantitative estimate of drug-likeness (QED) is 0.408. The van der Waals surface area contributed by atoms with E-state index < -0.39 is 21.9 Å². The Morgan fingerprint density at radius 3 is 2.21 bits per heavy atom. The third-order valence-corrected chi connectivity index (χ3v) is 5.20. The van der Waals surface area contributed by atoms with Crippen molar-refractivity contribution in [1.82, 2.24) is 5.32 Å². The van der Waals surface area contributed by atoms with Crippen molar-refractivity contribution in [3.8, 4) is 0 Å². The average molecular weight is 453 g/mol. The van der Waals surface area contributed by atoms with E-state index in [-0.39, 0.29) is 9.92 Å². The van der Waals surface area contributed by atoms with Gasteiger partial charge in [0, 0.05) is 13.1 Å². The summed E-state index contributed by atoms with van der Waals surface area (Å²) in [4.78, 5) is 1.68. The number of nitrogens with zero attached hydrogens (tertiary/aromatic N) is 2. The second kappa shape index (κ2) is 9.16.